The Balaban J connectivity index is 2.58. The van der Waals surface area contributed by atoms with Crippen molar-refractivity contribution < 1.29 is 9.90 Å². The van der Waals surface area contributed by atoms with Crippen molar-refractivity contribution in [3.05, 3.63) is 0 Å². The number of carbonyl (C=O) groups excluding carboxylic acids is 1. The molecule has 0 aliphatic heterocycles. The second-order valence-electron chi connectivity index (χ2n) is 5.52. The van der Waals surface area contributed by atoms with Crippen LogP contribution in [-0.4, -0.2) is 23.2 Å². The number of nitrogens with one attached hydrogen (secondary N) is 1. The molecular weight excluding hydrogens is 202 g/mol. The first-order chi connectivity index (χ1) is 7.51. The standard InChI is InChI=1S/C13H25NO2/c1-10(2)11(3)12(16)14-13(9-15)7-5-4-6-8-13/h10-11,15H,4-9H2,1-3H3,(H,14,16). The van der Waals surface area contributed by atoms with E-state index in [1.807, 2.05) is 6.92 Å². The largest absolute Gasteiger partial charge is 0.394 e. The fourth-order valence-electron chi connectivity index (χ4n) is 2.23. The van der Waals surface area contributed by atoms with Gasteiger partial charge in [0.25, 0.3) is 0 Å². The van der Waals surface area contributed by atoms with Gasteiger partial charge in [0, 0.05) is 5.92 Å². The smallest absolute Gasteiger partial charge is 0.223 e. The number of carbonyl (C=O) groups is 1. The lowest BCUT2D eigenvalue weighted by atomic mass is 9.81. The molecule has 0 bridgehead atoms. The molecule has 2 N–H and O–H groups in total. The predicted octanol–water partition coefficient (Wildman–Crippen LogP) is 2.09. The lowest BCUT2D eigenvalue weighted by Crippen LogP contribution is -2.54. The van der Waals surface area contributed by atoms with Crippen molar-refractivity contribution in [2.75, 3.05) is 6.61 Å². The Kier molecular flexibility index (Phi) is 4.78. The van der Waals surface area contributed by atoms with Crippen LogP contribution in [0, 0.1) is 11.8 Å². The van der Waals surface area contributed by atoms with Crippen LogP contribution in [0.25, 0.3) is 0 Å². The molecule has 0 heterocycles. The van der Waals surface area contributed by atoms with Gasteiger partial charge in [-0.05, 0) is 18.8 Å². The number of hydrogen-bond acceptors (Lipinski definition) is 2. The van der Waals surface area contributed by atoms with Crippen molar-refractivity contribution >= 4 is 5.91 Å². The van der Waals surface area contributed by atoms with Gasteiger partial charge in [-0.2, -0.15) is 0 Å². The van der Waals surface area contributed by atoms with Crippen LogP contribution in [0.5, 0.6) is 0 Å². The topological polar surface area (TPSA) is 49.3 Å². The molecule has 0 saturated heterocycles. The summed E-state index contributed by atoms with van der Waals surface area (Å²) in [5, 5.41) is 12.6. The van der Waals surface area contributed by atoms with Crippen molar-refractivity contribution in [3.8, 4) is 0 Å². The number of aliphatic hydroxyl groups excluding tert-OH is 1. The van der Waals surface area contributed by atoms with Gasteiger partial charge < -0.3 is 10.4 Å². The molecule has 0 radical (unpaired) electrons. The molecule has 1 rings (SSSR count). The SMILES string of the molecule is CC(C)C(C)C(=O)NC1(CO)CCCCC1. The zero-order valence-corrected chi connectivity index (χ0v) is 10.8. The predicted molar refractivity (Wildman–Crippen MR) is 65.0 cm³/mol. The average Bonchev–Trinajstić information content (AvgIpc) is 2.29. The maximum Gasteiger partial charge on any atom is 0.223 e. The highest BCUT2D eigenvalue weighted by atomic mass is 16.3. The second kappa shape index (κ2) is 5.67. The maximum absolute atomic E-state index is 12.0. The third-order valence-electron chi connectivity index (χ3n) is 3.92. The summed E-state index contributed by atoms with van der Waals surface area (Å²) in [4.78, 5) is 12.0. The van der Waals surface area contributed by atoms with E-state index >= 15 is 0 Å². The average molecular weight is 227 g/mol. The fourth-order valence-corrected chi connectivity index (χ4v) is 2.23. The molecule has 1 unspecified atom stereocenters. The Morgan fingerprint density at radius 1 is 1.25 bits per heavy atom. The minimum atomic E-state index is -0.335. The molecule has 1 amide bonds. The highest BCUT2D eigenvalue weighted by Gasteiger charge is 2.34. The van der Waals surface area contributed by atoms with E-state index < -0.39 is 0 Å². The molecule has 0 aromatic carbocycles. The third kappa shape index (κ3) is 3.21. The quantitative estimate of drug-likeness (QED) is 0.772. The maximum atomic E-state index is 12.0. The molecule has 0 aromatic rings. The number of rotatable bonds is 4. The highest BCUT2D eigenvalue weighted by Crippen LogP contribution is 2.28. The molecule has 1 aliphatic carbocycles. The lowest BCUT2D eigenvalue weighted by molar-refractivity contribution is -0.128. The van der Waals surface area contributed by atoms with E-state index in [4.69, 9.17) is 0 Å². The van der Waals surface area contributed by atoms with Gasteiger partial charge in [-0.15, -0.1) is 0 Å². The summed E-state index contributed by atoms with van der Waals surface area (Å²) in [5.74, 6) is 0.454. The van der Waals surface area contributed by atoms with Crippen LogP contribution >= 0.6 is 0 Å². The molecule has 16 heavy (non-hydrogen) atoms. The Morgan fingerprint density at radius 2 is 1.81 bits per heavy atom. The molecule has 0 spiro atoms. The van der Waals surface area contributed by atoms with Gasteiger partial charge in [0.15, 0.2) is 0 Å². The summed E-state index contributed by atoms with van der Waals surface area (Å²) < 4.78 is 0. The van der Waals surface area contributed by atoms with Crippen molar-refractivity contribution in [2.24, 2.45) is 11.8 Å². The summed E-state index contributed by atoms with van der Waals surface area (Å²) in [7, 11) is 0. The molecule has 0 aromatic heterocycles. The number of aliphatic hydroxyl groups is 1. The molecule has 1 saturated carbocycles. The zero-order chi connectivity index (χ0) is 12.2. The number of amides is 1. The van der Waals surface area contributed by atoms with Crippen LogP contribution < -0.4 is 5.32 Å². The lowest BCUT2D eigenvalue weighted by Gasteiger charge is -2.37. The van der Waals surface area contributed by atoms with Gasteiger partial charge in [-0.25, -0.2) is 0 Å². The summed E-state index contributed by atoms with van der Waals surface area (Å²) in [6.45, 7) is 6.13. The molecule has 1 aliphatic rings. The molecule has 3 heteroatoms. The third-order valence-corrected chi connectivity index (χ3v) is 3.92. The summed E-state index contributed by atoms with van der Waals surface area (Å²) in [5.41, 5.74) is -0.335. The first-order valence-corrected chi connectivity index (χ1v) is 6.44. The summed E-state index contributed by atoms with van der Waals surface area (Å²) in [6, 6.07) is 0. The van der Waals surface area contributed by atoms with E-state index in [2.05, 4.69) is 19.2 Å². The van der Waals surface area contributed by atoms with Crippen molar-refractivity contribution in [3.63, 3.8) is 0 Å². The Labute approximate surface area is 98.6 Å². The van der Waals surface area contributed by atoms with Crippen molar-refractivity contribution in [1.82, 2.24) is 5.32 Å². The molecule has 3 nitrogen and oxygen atoms in total. The van der Waals surface area contributed by atoms with Gasteiger partial charge in [0.05, 0.1) is 12.1 Å². The van der Waals surface area contributed by atoms with E-state index in [0.29, 0.717) is 5.92 Å². The second-order valence-corrected chi connectivity index (χ2v) is 5.52. The minimum Gasteiger partial charge on any atom is -0.394 e. The number of hydrogen-bond donors (Lipinski definition) is 2. The first kappa shape index (κ1) is 13.5. The summed E-state index contributed by atoms with van der Waals surface area (Å²) in [6.07, 6.45) is 5.27. The van der Waals surface area contributed by atoms with Crippen LogP contribution in [0.2, 0.25) is 0 Å². The molecule has 1 atom stereocenters. The van der Waals surface area contributed by atoms with Crippen LogP contribution in [-0.2, 0) is 4.79 Å². The summed E-state index contributed by atoms with van der Waals surface area (Å²) >= 11 is 0. The van der Waals surface area contributed by atoms with E-state index in [1.165, 1.54) is 6.42 Å². The van der Waals surface area contributed by atoms with E-state index in [1.54, 1.807) is 0 Å². The normalized spacial score (nSPS) is 21.8. The van der Waals surface area contributed by atoms with E-state index in [9.17, 15) is 9.90 Å². The van der Waals surface area contributed by atoms with E-state index in [-0.39, 0.29) is 24.0 Å². The molecule has 94 valence electrons. The zero-order valence-electron chi connectivity index (χ0n) is 10.8. The first-order valence-electron chi connectivity index (χ1n) is 6.44. The van der Waals surface area contributed by atoms with E-state index in [0.717, 1.165) is 25.7 Å². The Bertz CT molecular complexity index is 232. The van der Waals surface area contributed by atoms with Crippen LogP contribution in [0.15, 0.2) is 0 Å². The monoisotopic (exact) mass is 227 g/mol. The molecule has 1 fully saturated rings. The van der Waals surface area contributed by atoms with Gasteiger partial charge in [-0.3, -0.25) is 4.79 Å². The van der Waals surface area contributed by atoms with Crippen molar-refractivity contribution in [1.29, 1.82) is 0 Å². The van der Waals surface area contributed by atoms with Crippen molar-refractivity contribution in [2.45, 2.75) is 58.4 Å². The van der Waals surface area contributed by atoms with Gasteiger partial charge >= 0.3 is 0 Å². The fraction of sp³-hybridized carbons (Fsp3) is 0.923. The van der Waals surface area contributed by atoms with Crippen LogP contribution in [0.4, 0.5) is 0 Å². The highest BCUT2D eigenvalue weighted by molar-refractivity contribution is 5.79. The van der Waals surface area contributed by atoms with Crippen LogP contribution in [0.1, 0.15) is 52.9 Å². The van der Waals surface area contributed by atoms with Crippen LogP contribution in [0.3, 0.4) is 0 Å². The van der Waals surface area contributed by atoms with Gasteiger partial charge in [0.2, 0.25) is 5.91 Å². The minimum absolute atomic E-state index is 0.0188. The Morgan fingerprint density at radius 3 is 2.25 bits per heavy atom. The van der Waals surface area contributed by atoms with Gasteiger partial charge in [-0.1, -0.05) is 40.0 Å². The van der Waals surface area contributed by atoms with Gasteiger partial charge in [0.1, 0.15) is 0 Å². The Hall–Kier alpha value is -0.570. The molecular formula is C13H25NO2.